The van der Waals surface area contributed by atoms with E-state index in [0.29, 0.717) is 37.6 Å². The van der Waals surface area contributed by atoms with Crippen molar-refractivity contribution in [2.45, 2.75) is 84.2 Å². The Morgan fingerprint density at radius 2 is 1.17 bits per heavy atom. The molecular weight excluding hydrogens is 976 g/mol. The van der Waals surface area contributed by atoms with Crippen LogP contribution in [0.4, 0.5) is 11.4 Å². The number of nitrogens with two attached hydrogens (primary N) is 2. The highest BCUT2D eigenvalue weighted by Crippen LogP contribution is 2.35. The number of thiol groups is 1. The second-order valence-corrected chi connectivity index (χ2v) is 20.8. The Morgan fingerprint density at radius 1 is 0.696 bits per heavy atom. The zero-order chi connectivity index (χ0) is 48.7. The first-order chi connectivity index (χ1) is 33.2. The summed E-state index contributed by atoms with van der Waals surface area (Å²) in [5.41, 5.74) is 16.0. The number of hydrogen-bond acceptors (Lipinski definition) is 13. The van der Waals surface area contributed by atoms with Gasteiger partial charge in [0.2, 0.25) is 0 Å². The molecule has 2 aliphatic heterocycles. The van der Waals surface area contributed by atoms with E-state index in [-0.39, 0.29) is 24.2 Å². The summed E-state index contributed by atoms with van der Waals surface area (Å²) in [4.78, 5) is 10.5. The Morgan fingerprint density at radius 3 is 1.65 bits per heavy atom. The minimum atomic E-state index is -3.87. The van der Waals surface area contributed by atoms with Crippen molar-refractivity contribution in [3.05, 3.63) is 186 Å². The third kappa shape index (κ3) is 16.4. The van der Waals surface area contributed by atoms with Gasteiger partial charge in [-0.25, -0.2) is 9.97 Å². The van der Waals surface area contributed by atoms with E-state index in [9.17, 15) is 8.42 Å². The van der Waals surface area contributed by atoms with Crippen molar-refractivity contribution in [3.63, 3.8) is 0 Å². The van der Waals surface area contributed by atoms with Crippen LogP contribution < -0.4 is 11.5 Å². The Kier molecular flexibility index (Phi) is 18.7. The van der Waals surface area contributed by atoms with Crippen LogP contribution in [0.2, 0.25) is 10.0 Å². The minimum absolute atomic E-state index is 0.0336. The number of nitrogens with zero attached hydrogens (tertiary/aromatic N) is 4. The van der Waals surface area contributed by atoms with Gasteiger partial charge in [-0.1, -0.05) is 65.2 Å². The molecule has 2 aromatic heterocycles. The topological polar surface area (TPSA) is 168 Å². The van der Waals surface area contributed by atoms with Gasteiger partial charge >= 0.3 is 0 Å². The van der Waals surface area contributed by atoms with Crippen molar-refractivity contribution in [2.24, 2.45) is 0 Å². The summed E-state index contributed by atoms with van der Waals surface area (Å²) >= 11 is 17.8. The average molecular weight is 1030 g/mol. The number of aryl methyl sites for hydroxylation is 3. The Labute approximate surface area is 423 Å². The van der Waals surface area contributed by atoms with E-state index in [0.717, 1.165) is 51.0 Å². The molecule has 0 radical (unpaired) electrons. The molecule has 4 N–H and O–H groups in total. The van der Waals surface area contributed by atoms with Gasteiger partial charge in [0.25, 0.3) is 10.1 Å². The van der Waals surface area contributed by atoms with Crippen LogP contribution in [-0.4, -0.2) is 76.9 Å². The number of hydrogen-bond donors (Lipinski definition) is 3. The zero-order valence-corrected chi connectivity index (χ0v) is 42.1. The highest BCUT2D eigenvalue weighted by Gasteiger charge is 2.43. The number of halogens is 2. The number of ether oxygens (including phenoxy) is 4. The summed E-state index contributed by atoms with van der Waals surface area (Å²) in [6.45, 7) is 3.63. The van der Waals surface area contributed by atoms with Crippen LogP contribution in [0.25, 0.3) is 0 Å². The van der Waals surface area contributed by atoms with Crippen LogP contribution in [0.5, 0.6) is 0 Å². The van der Waals surface area contributed by atoms with Crippen LogP contribution in [0, 0.1) is 6.92 Å². The van der Waals surface area contributed by atoms with Gasteiger partial charge in [0, 0.05) is 74.6 Å². The summed E-state index contributed by atoms with van der Waals surface area (Å²) < 4.78 is 59.2. The van der Waals surface area contributed by atoms with Gasteiger partial charge in [0.15, 0.2) is 11.6 Å². The number of rotatable bonds is 17. The van der Waals surface area contributed by atoms with Crippen molar-refractivity contribution >= 4 is 69.1 Å². The molecule has 364 valence electrons. The van der Waals surface area contributed by atoms with Gasteiger partial charge in [-0.05, 0) is 116 Å². The first kappa shape index (κ1) is 52.0. The molecule has 2 saturated heterocycles. The first-order valence-corrected chi connectivity index (χ1v) is 25.9. The molecule has 2 unspecified atom stereocenters. The van der Waals surface area contributed by atoms with Crippen LogP contribution >= 0.6 is 47.6 Å². The predicted octanol–water partition coefficient (Wildman–Crippen LogP) is 10.2. The molecule has 69 heavy (non-hydrogen) atoms. The maximum atomic E-state index is 12.5. The molecule has 0 aliphatic carbocycles. The molecule has 0 spiro atoms. The molecule has 0 amide bonds. The number of aromatic nitrogens is 4. The fourth-order valence-corrected chi connectivity index (χ4v) is 9.65. The number of imidazole rings is 2. The Hall–Kier alpha value is -4.85. The molecule has 18 heteroatoms. The summed E-state index contributed by atoms with van der Waals surface area (Å²) in [5.74, 6) is -0.745. The van der Waals surface area contributed by atoms with Crippen molar-refractivity contribution in [3.8, 4) is 0 Å². The minimum Gasteiger partial charge on any atom is -0.399 e. The molecule has 13 nitrogen and oxygen atoms in total. The summed E-state index contributed by atoms with van der Waals surface area (Å²) in [5, 5.41) is 1.43. The van der Waals surface area contributed by atoms with Crippen LogP contribution in [-0.2, 0) is 59.2 Å². The maximum Gasteiger partial charge on any atom is 0.297 e. The Bertz CT molecular complexity index is 2700. The van der Waals surface area contributed by atoms with E-state index >= 15 is 0 Å². The fourth-order valence-electron chi connectivity index (χ4n) is 7.44. The lowest BCUT2D eigenvalue weighted by molar-refractivity contribution is -0.184. The molecule has 2 aliphatic rings. The average Bonchev–Trinajstić information content (AvgIpc) is 4.20. The maximum absolute atomic E-state index is 12.5. The van der Waals surface area contributed by atoms with E-state index in [2.05, 4.69) is 34.7 Å². The largest absolute Gasteiger partial charge is 0.399 e. The molecular formula is C51H56Cl2N6O7S3. The quantitative estimate of drug-likeness (QED) is 0.0342. The lowest BCUT2D eigenvalue weighted by Crippen LogP contribution is -2.37. The van der Waals surface area contributed by atoms with E-state index in [1.54, 1.807) is 48.9 Å². The van der Waals surface area contributed by atoms with Gasteiger partial charge in [-0.3, -0.25) is 4.18 Å². The number of nitrogen functional groups attached to an aromatic ring is 2. The van der Waals surface area contributed by atoms with Gasteiger partial charge in [0.05, 0.1) is 56.6 Å². The molecule has 4 heterocycles. The second-order valence-electron chi connectivity index (χ2n) is 16.7. The SMILES string of the molecule is Cc1ccc(S(=O)(=O)OC[C@@H]2COC(CCc3ccc(Cl)cc3)(Cn3ccnc3)O2)cc1.Nc1ccc(S)cc1.Nc1ccc(SC[C@@H]2COC(CCc3ccc(Cl)cc3)(Cn3ccnc3)O2)cc1. The van der Waals surface area contributed by atoms with Crippen molar-refractivity contribution in [2.75, 3.05) is 37.0 Å². The van der Waals surface area contributed by atoms with Gasteiger partial charge in [-0.15, -0.1) is 24.4 Å². The van der Waals surface area contributed by atoms with Crippen molar-refractivity contribution in [1.29, 1.82) is 0 Å². The fraction of sp³-hybridized carbons (Fsp3) is 0.294. The third-order valence-corrected chi connectivity index (χ3v) is 14.4. The number of thioether (sulfide) groups is 1. The van der Waals surface area contributed by atoms with E-state index in [4.69, 9.17) is 57.8 Å². The number of benzene rings is 5. The molecule has 2 fully saturated rings. The van der Waals surface area contributed by atoms with Crippen LogP contribution in [0.3, 0.4) is 0 Å². The van der Waals surface area contributed by atoms with Crippen molar-refractivity contribution in [1.82, 2.24) is 19.1 Å². The van der Waals surface area contributed by atoms with Crippen LogP contribution in [0.1, 0.15) is 29.5 Å². The highest BCUT2D eigenvalue weighted by atomic mass is 35.5. The lowest BCUT2D eigenvalue weighted by Gasteiger charge is -2.28. The second kappa shape index (κ2) is 24.8. The Balaban J connectivity index is 0.000000176. The zero-order valence-electron chi connectivity index (χ0n) is 38.1. The molecule has 7 aromatic rings. The molecule has 5 aromatic carbocycles. The van der Waals surface area contributed by atoms with E-state index in [1.165, 1.54) is 22.6 Å². The lowest BCUT2D eigenvalue weighted by atomic mass is 10.0. The molecule has 9 rings (SSSR count). The van der Waals surface area contributed by atoms with Gasteiger partial charge < -0.3 is 39.5 Å². The normalized spacial score (nSPS) is 19.9. The molecule has 4 atom stereocenters. The van der Waals surface area contributed by atoms with Gasteiger partial charge in [-0.2, -0.15) is 8.42 Å². The summed E-state index contributed by atoms with van der Waals surface area (Å²) in [7, 11) is -3.87. The van der Waals surface area contributed by atoms with E-state index in [1.807, 2.05) is 113 Å². The van der Waals surface area contributed by atoms with Gasteiger partial charge in [0.1, 0.15) is 6.10 Å². The smallest absolute Gasteiger partial charge is 0.297 e. The first-order valence-electron chi connectivity index (χ1n) is 22.3. The summed E-state index contributed by atoms with van der Waals surface area (Å²) in [6, 6.07) is 37.4. The van der Waals surface area contributed by atoms with Crippen molar-refractivity contribution < 1.29 is 31.5 Å². The molecule has 0 saturated carbocycles. The standard InChI is InChI=1S/C23H25ClN2O5S.C22H24ClN3O2S.C6H7NS/c1-18-2-8-22(9-3-18)32(27,28)30-15-21-14-29-23(31-21,16-26-13-12-25-17-26)11-10-19-4-6-20(24)7-5-19;23-18-3-1-17(2-4-18)9-10-22(15-26-12-11-25-16-26)27-13-20(28-22)14-29-21-7-5-19(24)6-8-21;7-5-1-3-6(8)4-2-5/h2-9,12-13,17,21H,10-11,14-16H2,1H3;1-8,11-12,16,20H,9-10,13-15,24H2;1-4,8H,7H2/t21-,23?;20-,22?;/m00./s1. The van der Waals surface area contributed by atoms with Crippen LogP contribution in [0.15, 0.2) is 173 Å². The highest BCUT2D eigenvalue weighted by molar-refractivity contribution is 7.99. The summed E-state index contributed by atoms with van der Waals surface area (Å²) in [6.07, 6.45) is 13.2. The van der Waals surface area contributed by atoms with E-state index < -0.39 is 27.8 Å². The molecule has 0 bridgehead atoms. The predicted molar refractivity (Wildman–Crippen MR) is 275 cm³/mol. The monoisotopic (exact) mass is 1030 g/mol. The number of anilines is 2. The third-order valence-electron chi connectivity index (χ3n) is 11.1.